The number of halogens is 1. The molecule has 7 nitrogen and oxygen atoms in total. The molecule has 0 bridgehead atoms. The van der Waals surface area contributed by atoms with Gasteiger partial charge in [0.05, 0.1) is 23.5 Å². The highest BCUT2D eigenvalue weighted by Crippen LogP contribution is 2.22. The van der Waals surface area contributed by atoms with E-state index in [1.165, 1.54) is 24.3 Å². The summed E-state index contributed by atoms with van der Waals surface area (Å²) >= 11 is 7.47. The second kappa shape index (κ2) is 10.8. The quantitative estimate of drug-likeness (QED) is 0.290. The molecule has 1 aromatic heterocycles. The van der Waals surface area contributed by atoms with Crippen LogP contribution in [0, 0.1) is 30.6 Å². The van der Waals surface area contributed by atoms with Gasteiger partial charge >= 0.3 is 0 Å². The average Bonchev–Trinajstić information content (AvgIpc) is 3.10. The van der Waals surface area contributed by atoms with Crippen LogP contribution >= 0.6 is 23.4 Å². The number of thioether (sulfide) groups is 1. The Balaban J connectivity index is 2.13. The summed E-state index contributed by atoms with van der Waals surface area (Å²) in [6.45, 7) is 2.44. The number of nitriles is 1. The van der Waals surface area contributed by atoms with Crippen LogP contribution in [0.15, 0.2) is 46.2 Å². The first-order valence-corrected chi connectivity index (χ1v) is 11.5. The zero-order valence-electron chi connectivity index (χ0n) is 15.7. The molecule has 0 saturated carbocycles. The van der Waals surface area contributed by atoms with Crippen molar-refractivity contribution in [2.45, 2.75) is 17.6 Å². The van der Waals surface area contributed by atoms with E-state index in [0.29, 0.717) is 17.3 Å². The maximum absolute atomic E-state index is 12.9. The van der Waals surface area contributed by atoms with E-state index >= 15 is 0 Å². The van der Waals surface area contributed by atoms with E-state index in [1.54, 1.807) is 24.2 Å². The normalized spacial score (nSPS) is 11.9. The van der Waals surface area contributed by atoms with E-state index < -0.39 is 14.7 Å². The number of hydrogen-bond acceptors (Lipinski definition) is 7. The highest BCUT2D eigenvalue weighted by atomic mass is 35.5. The minimum Gasteiger partial charge on any atom is -0.369 e. The first-order valence-electron chi connectivity index (χ1n) is 8.53. The number of sulfone groups is 1. The van der Waals surface area contributed by atoms with E-state index in [9.17, 15) is 13.7 Å². The highest BCUT2D eigenvalue weighted by molar-refractivity contribution is 7.98. The predicted molar refractivity (Wildman–Crippen MR) is 116 cm³/mol. The molecule has 152 valence electrons. The van der Waals surface area contributed by atoms with Crippen molar-refractivity contribution in [3.8, 4) is 18.4 Å². The SMILES string of the molecule is C#CCN/C(NCCSCc1[nH]cnc1C)=C(\C#N)S(=O)(=O)c1ccc(Cl)cc1. The van der Waals surface area contributed by atoms with E-state index in [2.05, 4.69) is 26.5 Å². The summed E-state index contributed by atoms with van der Waals surface area (Å²) < 4.78 is 25.8. The van der Waals surface area contributed by atoms with Crippen molar-refractivity contribution in [2.24, 2.45) is 0 Å². The number of H-pyrrole nitrogens is 1. The third kappa shape index (κ3) is 6.20. The Bertz CT molecular complexity index is 1050. The number of allylic oxidation sites excluding steroid dienone is 1. The van der Waals surface area contributed by atoms with Gasteiger partial charge in [0, 0.05) is 28.8 Å². The molecule has 0 aliphatic heterocycles. The average molecular weight is 450 g/mol. The lowest BCUT2D eigenvalue weighted by molar-refractivity contribution is 0.601. The molecular formula is C19H20ClN5O2S2. The van der Waals surface area contributed by atoms with E-state index in [1.807, 2.05) is 6.92 Å². The zero-order chi connectivity index (χ0) is 21.3. The third-order valence-electron chi connectivity index (χ3n) is 3.82. The Morgan fingerprint density at radius 3 is 2.66 bits per heavy atom. The number of aromatic nitrogens is 2. The second-order valence-corrected chi connectivity index (χ2v) is 9.20. The summed E-state index contributed by atoms with van der Waals surface area (Å²) in [5.74, 6) is 3.89. The number of nitrogens with one attached hydrogen (secondary N) is 3. The maximum atomic E-state index is 12.9. The van der Waals surface area contributed by atoms with Gasteiger partial charge in [0.15, 0.2) is 4.91 Å². The summed E-state index contributed by atoms with van der Waals surface area (Å²) in [7, 11) is -4.04. The maximum Gasteiger partial charge on any atom is 0.220 e. The lowest BCUT2D eigenvalue weighted by Crippen LogP contribution is -2.31. The molecule has 0 atom stereocenters. The van der Waals surface area contributed by atoms with Gasteiger partial charge < -0.3 is 15.6 Å². The molecular weight excluding hydrogens is 430 g/mol. The van der Waals surface area contributed by atoms with Crippen molar-refractivity contribution in [2.75, 3.05) is 18.8 Å². The number of imidazole rings is 1. The molecule has 2 rings (SSSR count). The topological polar surface area (TPSA) is 111 Å². The van der Waals surface area contributed by atoms with Crippen LogP contribution in [0.2, 0.25) is 5.02 Å². The highest BCUT2D eigenvalue weighted by Gasteiger charge is 2.25. The summed E-state index contributed by atoms with van der Waals surface area (Å²) in [6, 6.07) is 7.41. The third-order valence-corrected chi connectivity index (χ3v) is 6.78. The van der Waals surface area contributed by atoms with Gasteiger partial charge in [0.25, 0.3) is 0 Å². The summed E-state index contributed by atoms with van der Waals surface area (Å²) in [5, 5.41) is 15.7. The minimum absolute atomic E-state index is 0.0237. The molecule has 0 fully saturated rings. The fourth-order valence-corrected chi connectivity index (χ4v) is 4.58. The van der Waals surface area contributed by atoms with Crippen molar-refractivity contribution in [3.63, 3.8) is 0 Å². The van der Waals surface area contributed by atoms with Crippen LogP contribution in [0.5, 0.6) is 0 Å². The summed E-state index contributed by atoms with van der Waals surface area (Å²) in [5.41, 5.74) is 1.99. The van der Waals surface area contributed by atoms with Gasteiger partial charge in [-0.15, -0.1) is 6.42 Å². The smallest absolute Gasteiger partial charge is 0.220 e. The standard InChI is InChI=1S/C19H20ClN5O2S2/c1-3-8-22-19(23-9-10-28-12-17-14(2)24-13-25-17)18(11-21)29(26,27)16-6-4-15(20)5-7-16/h1,4-7,13,22-23H,8-10,12H2,2H3,(H,24,25)/b19-18-. The van der Waals surface area contributed by atoms with Crippen LogP contribution in [0.3, 0.4) is 0 Å². The van der Waals surface area contributed by atoms with Gasteiger partial charge in [0.2, 0.25) is 9.84 Å². The number of hydrogen-bond donors (Lipinski definition) is 3. The number of benzene rings is 1. The number of nitrogens with zero attached hydrogens (tertiary/aromatic N) is 2. The Hall–Kier alpha value is -2.59. The molecule has 3 N–H and O–H groups in total. The molecule has 0 radical (unpaired) electrons. The summed E-state index contributed by atoms with van der Waals surface area (Å²) in [4.78, 5) is 6.77. The van der Waals surface area contributed by atoms with Crippen molar-refractivity contribution >= 4 is 33.2 Å². The van der Waals surface area contributed by atoms with Crippen molar-refractivity contribution in [1.82, 2.24) is 20.6 Å². The molecule has 10 heteroatoms. The van der Waals surface area contributed by atoms with E-state index in [0.717, 1.165) is 17.1 Å². The molecule has 0 saturated heterocycles. The van der Waals surface area contributed by atoms with E-state index in [-0.39, 0.29) is 17.3 Å². The molecule has 1 heterocycles. The largest absolute Gasteiger partial charge is 0.369 e. The lowest BCUT2D eigenvalue weighted by atomic mass is 10.4. The number of rotatable bonds is 10. The van der Waals surface area contributed by atoms with Gasteiger partial charge in [0.1, 0.15) is 11.9 Å². The Morgan fingerprint density at radius 1 is 1.34 bits per heavy atom. The van der Waals surface area contributed by atoms with Gasteiger partial charge in [-0.05, 0) is 31.2 Å². The van der Waals surface area contributed by atoms with Crippen LogP contribution in [-0.2, 0) is 15.6 Å². The first-order chi connectivity index (χ1) is 13.9. The van der Waals surface area contributed by atoms with Crippen LogP contribution < -0.4 is 10.6 Å². The molecule has 0 amide bonds. The molecule has 29 heavy (non-hydrogen) atoms. The Labute approximate surface area is 179 Å². The second-order valence-electron chi connectivity index (χ2n) is 5.78. The molecule has 0 unspecified atom stereocenters. The fourth-order valence-electron chi connectivity index (χ4n) is 2.30. The van der Waals surface area contributed by atoms with Gasteiger partial charge in [-0.3, -0.25) is 0 Å². The Morgan fingerprint density at radius 2 is 2.07 bits per heavy atom. The number of aryl methyl sites for hydroxylation is 1. The van der Waals surface area contributed by atoms with Crippen LogP contribution in [0.25, 0.3) is 0 Å². The molecule has 0 spiro atoms. The van der Waals surface area contributed by atoms with E-state index in [4.69, 9.17) is 18.0 Å². The number of aromatic amines is 1. The Kier molecular flexibility index (Phi) is 8.47. The molecule has 0 aliphatic carbocycles. The van der Waals surface area contributed by atoms with Crippen LogP contribution in [-0.4, -0.2) is 37.2 Å². The molecule has 0 aliphatic rings. The minimum atomic E-state index is -4.04. The molecule has 2 aromatic rings. The summed E-state index contributed by atoms with van der Waals surface area (Å²) in [6.07, 6.45) is 6.92. The van der Waals surface area contributed by atoms with Gasteiger partial charge in [-0.1, -0.05) is 17.5 Å². The molecule has 1 aromatic carbocycles. The fraction of sp³-hybridized carbons (Fsp3) is 0.263. The van der Waals surface area contributed by atoms with Crippen LogP contribution in [0.4, 0.5) is 0 Å². The first kappa shape index (κ1) is 22.7. The van der Waals surface area contributed by atoms with Gasteiger partial charge in [-0.25, -0.2) is 13.4 Å². The zero-order valence-corrected chi connectivity index (χ0v) is 18.1. The van der Waals surface area contributed by atoms with Crippen LogP contribution in [0.1, 0.15) is 11.4 Å². The lowest BCUT2D eigenvalue weighted by Gasteiger charge is -2.14. The van der Waals surface area contributed by atoms with Gasteiger partial charge in [-0.2, -0.15) is 17.0 Å². The van der Waals surface area contributed by atoms with Crippen molar-refractivity contribution in [3.05, 3.63) is 57.7 Å². The van der Waals surface area contributed by atoms with Crippen molar-refractivity contribution in [1.29, 1.82) is 5.26 Å². The van der Waals surface area contributed by atoms with Crippen molar-refractivity contribution < 1.29 is 8.42 Å². The monoisotopic (exact) mass is 449 g/mol. The number of terminal acetylenes is 1. The predicted octanol–water partition coefficient (Wildman–Crippen LogP) is 2.58.